The van der Waals surface area contributed by atoms with E-state index in [-0.39, 0.29) is 17.9 Å². The molecule has 1 N–H and O–H groups in total. The van der Waals surface area contributed by atoms with Crippen molar-refractivity contribution in [1.82, 2.24) is 9.88 Å². The minimum absolute atomic E-state index is 0.0926. The van der Waals surface area contributed by atoms with Crippen LogP contribution in [0.3, 0.4) is 0 Å². The van der Waals surface area contributed by atoms with Gasteiger partial charge in [-0.1, -0.05) is 68.7 Å². The van der Waals surface area contributed by atoms with E-state index < -0.39 is 18.0 Å². The maximum absolute atomic E-state index is 12.6. The van der Waals surface area contributed by atoms with Crippen LogP contribution in [-0.2, 0) is 9.59 Å². The molecule has 0 spiro atoms. The van der Waals surface area contributed by atoms with E-state index in [1.807, 2.05) is 49.5 Å². The third-order valence-electron chi connectivity index (χ3n) is 6.90. The highest BCUT2D eigenvalue weighted by molar-refractivity contribution is 5.78. The lowest BCUT2D eigenvalue weighted by molar-refractivity contribution is -0.146. The molecule has 1 heterocycles. The molecule has 0 radical (unpaired) electrons. The molecule has 1 amide bonds. The van der Waals surface area contributed by atoms with Crippen molar-refractivity contribution >= 4 is 11.9 Å². The van der Waals surface area contributed by atoms with Crippen LogP contribution in [0, 0.1) is 5.92 Å². The Morgan fingerprint density at radius 2 is 1.78 bits per heavy atom. The van der Waals surface area contributed by atoms with Crippen molar-refractivity contribution < 1.29 is 28.6 Å². The maximum Gasteiger partial charge on any atom is 0.394 e. The number of hydrogen-bond donors (Lipinski definition) is 1. The highest BCUT2D eigenvalue weighted by atomic mass is 16.6. The first-order valence-electron chi connectivity index (χ1n) is 12.8. The highest BCUT2D eigenvalue weighted by Crippen LogP contribution is 2.29. The Morgan fingerprint density at radius 3 is 2.46 bits per heavy atom. The molecule has 3 aromatic rings. The lowest BCUT2D eigenvalue weighted by Gasteiger charge is -2.26. The Balaban J connectivity index is 1.30. The van der Waals surface area contributed by atoms with Crippen molar-refractivity contribution in [2.75, 3.05) is 20.2 Å². The minimum atomic E-state index is -1.19. The number of oxazole rings is 1. The van der Waals surface area contributed by atoms with Gasteiger partial charge in [0.05, 0.1) is 12.7 Å². The number of nitrogens with zero attached hydrogens (tertiary/aromatic N) is 2. The number of carbonyl (C=O) groups excluding carboxylic acids is 1. The fourth-order valence-corrected chi connectivity index (χ4v) is 4.64. The Morgan fingerprint density at radius 1 is 1.08 bits per heavy atom. The summed E-state index contributed by atoms with van der Waals surface area (Å²) >= 11 is 0. The molecule has 1 aliphatic rings. The van der Waals surface area contributed by atoms with E-state index in [0.717, 1.165) is 36.8 Å². The van der Waals surface area contributed by atoms with Gasteiger partial charge in [0, 0.05) is 24.4 Å². The van der Waals surface area contributed by atoms with E-state index in [1.165, 1.54) is 12.6 Å². The standard InChI is InChI=1S/C29H34N2O6/c1-20(26(28(33)34)37-29-30-19-25(36-29)22-9-5-3-6-10-22)21-13-15-24(16-14-21)35-18-17-31(2)27(32)23-11-7-4-8-12-23/h3,5-6,9-10,13-16,19-20,23,26H,4,7-8,11-12,17-18H2,1-2H3,(H,33,34). The monoisotopic (exact) mass is 506 g/mol. The molecule has 0 bridgehead atoms. The summed E-state index contributed by atoms with van der Waals surface area (Å²) in [5.41, 5.74) is 1.60. The van der Waals surface area contributed by atoms with Crippen molar-refractivity contribution in [3.05, 3.63) is 66.4 Å². The second-order valence-corrected chi connectivity index (χ2v) is 9.53. The molecule has 2 unspecified atom stereocenters. The van der Waals surface area contributed by atoms with E-state index in [2.05, 4.69) is 4.98 Å². The number of likely N-dealkylation sites (N-methyl/N-ethyl adjacent to an activating group) is 1. The maximum atomic E-state index is 12.6. The molecule has 2 atom stereocenters. The van der Waals surface area contributed by atoms with Gasteiger partial charge in [-0.15, -0.1) is 0 Å². The second kappa shape index (κ2) is 12.4. The van der Waals surface area contributed by atoms with Crippen molar-refractivity contribution in [3.63, 3.8) is 0 Å². The van der Waals surface area contributed by atoms with Gasteiger partial charge in [-0.05, 0) is 30.5 Å². The predicted octanol–water partition coefficient (Wildman–Crippen LogP) is 5.39. The molecule has 4 rings (SSSR count). The highest BCUT2D eigenvalue weighted by Gasteiger charge is 2.30. The number of amides is 1. The van der Waals surface area contributed by atoms with Crippen molar-refractivity contribution in [3.8, 4) is 23.1 Å². The fraction of sp³-hybridized carbons (Fsp3) is 0.414. The van der Waals surface area contributed by atoms with Crippen LogP contribution < -0.4 is 9.47 Å². The molecule has 0 saturated heterocycles. The third kappa shape index (κ3) is 6.90. The number of carboxylic acids is 1. The lowest BCUT2D eigenvalue weighted by atomic mass is 9.88. The van der Waals surface area contributed by atoms with Gasteiger partial charge in [0.1, 0.15) is 12.4 Å². The van der Waals surface area contributed by atoms with Gasteiger partial charge >= 0.3 is 12.0 Å². The van der Waals surface area contributed by atoms with E-state index in [4.69, 9.17) is 13.9 Å². The Kier molecular flexibility index (Phi) is 8.82. The zero-order valence-corrected chi connectivity index (χ0v) is 21.3. The molecule has 1 aliphatic carbocycles. The molecular weight excluding hydrogens is 472 g/mol. The van der Waals surface area contributed by atoms with Gasteiger partial charge in [-0.3, -0.25) is 4.79 Å². The Bertz CT molecular complexity index is 1150. The van der Waals surface area contributed by atoms with E-state index >= 15 is 0 Å². The smallest absolute Gasteiger partial charge is 0.394 e. The van der Waals surface area contributed by atoms with Crippen molar-refractivity contribution in [1.29, 1.82) is 0 Å². The summed E-state index contributed by atoms with van der Waals surface area (Å²) in [6.07, 6.45) is 5.68. The number of rotatable bonds is 11. The average molecular weight is 507 g/mol. The molecule has 1 fully saturated rings. The van der Waals surface area contributed by atoms with Crippen LogP contribution in [0.25, 0.3) is 11.3 Å². The molecule has 1 aromatic heterocycles. The summed E-state index contributed by atoms with van der Waals surface area (Å²) in [5, 5.41) is 9.80. The van der Waals surface area contributed by atoms with Gasteiger partial charge < -0.3 is 23.9 Å². The number of aromatic nitrogens is 1. The quantitative estimate of drug-likeness (QED) is 0.372. The second-order valence-electron chi connectivity index (χ2n) is 9.53. The summed E-state index contributed by atoms with van der Waals surface area (Å²) in [7, 11) is 1.83. The molecule has 0 aliphatic heterocycles. The van der Waals surface area contributed by atoms with E-state index in [1.54, 1.807) is 24.0 Å². The fourth-order valence-electron chi connectivity index (χ4n) is 4.64. The molecule has 1 saturated carbocycles. The van der Waals surface area contributed by atoms with Crippen LogP contribution in [0.5, 0.6) is 11.8 Å². The first-order chi connectivity index (χ1) is 17.9. The summed E-state index contributed by atoms with van der Waals surface area (Å²) in [4.78, 5) is 30.4. The van der Waals surface area contributed by atoms with Crippen LogP contribution >= 0.6 is 0 Å². The minimum Gasteiger partial charge on any atom is -0.492 e. The number of carboxylic acid groups (broad SMARTS) is 1. The number of benzene rings is 2. The van der Waals surface area contributed by atoms with Gasteiger partial charge in [0.25, 0.3) is 0 Å². The normalized spacial score (nSPS) is 15.5. The molecule has 196 valence electrons. The summed E-state index contributed by atoms with van der Waals surface area (Å²) in [6.45, 7) is 2.68. The van der Waals surface area contributed by atoms with Crippen LogP contribution in [0.15, 0.2) is 65.2 Å². The number of ether oxygens (including phenoxy) is 2. The van der Waals surface area contributed by atoms with Crippen LogP contribution in [0.4, 0.5) is 0 Å². The van der Waals surface area contributed by atoms with Crippen LogP contribution in [-0.4, -0.2) is 53.2 Å². The average Bonchev–Trinajstić information content (AvgIpc) is 3.41. The Hall–Kier alpha value is -3.81. The van der Waals surface area contributed by atoms with Crippen molar-refractivity contribution in [2.45, 2.75) is 51.0 Å². The lowest BCUT2D eigenvalue weighted by Crippen LogP contribution is -2.36. The van der Waals surface area contributed by atoms with Crippen LogP contribution in [0.1, 0.15) is 50.5 Å². The molecule has 8 heteroatoms. The Labute approximate surface area is 217 Å². The first-order valence-corrected chi connectivity index (χ1v) is 12.8. The van der Waals surface area contributed by atoms with E-state index in [9.17, 15) is 14.7 Å². The first kappa shape index (κ1) is 26.3. The zero-order valence-electron chi connectivity index (χ0n) is 21.3. The van der Waals surface area contributed by atoms with Gasteiger partial charge in [-0.2, -0.15) is 4.98 Å². The van der Waals surface area contributed by atoms with Crippen LogP contribution in [0.2, 0.25) is 0 Å². The molecule has 8 nitrogen and oxygen atoms in total. The predicted molar refractivity (Wildman–Crippen MR) is 139 cm³/mol. The summed E-state index contributed by atoms with van der Waals surface area (Å²) in [5.74, 6) is -0.0855. The number of hydrogen-bond acceptors (Lipinski definition) is 6. The van der Waals surface area contributed by atoms with Gasteiger partial charge in [0.2, 0.25) is 12.0 Å². The van der Waals surface area contributed by atoms with Gasteiger partial charge in [-0.25, -0.2) is 4.79 Å². The molecule has 37 heavy (non-hydrogen) atoms. The van der Waals surface area contributed by atoms with E-state index in [0.29, 0.717) is 24.7 Å². The molecule has 2 aromatic carbocycles. The van der Waals surface area contributed by atoms with Gasteiger partial charge in [0.15, 0.2) is 5.76 Å². The SMILES string of the molecule is CC(c1ccc(OCCN(C)C(=O)C2CCCCC2)cc1)C(Oc1ncc(-c2ccccc2)o1)C(=O)O. The third-order valence-corrected chi connectivity index (χ3v) is 6.90. The van der Waals surface area contributed by atoms with Crippen molar-refractivity contribution in [2.24, 2.45) is 5.92 Å². The summed E-state index contributed by atoms with van der Waals surface area (Å²) in [6, 6.07) is 16.6. The summed E-state index contributed by atoms with van der Waals surface area (Å²) < 4.78 is 17.1. The topological polar surface area (TPSA) is 102 Å². The largest absolute Gasteiger partial charge is 0.492 e. The number of carbonyl (C=O) groups is 2. The number of aliphatic carboxylic acids is 1. The molecular formula is C29H34N2O6. The zero-order chi connectivity index (χ0) is 26.2.